The molecule has 34 heavy (non-hydrogen) atoms. The second kappa shape index (κ2) is 9.43. The molecule has 3 aromatic heterocycles. The fraction of sp³-hybridized carbons (Fsp3) is 0. The summed E-state index contributed by atoms with van der Waals surface area (Å²) in [7, 11) is 0. The summed E-state index contributed by atoms with van der Waals surface area (Å²) in [6.07, 6.45) is 0. The molecule has 0 aliphatic carbocycles. The molecule has 3 aromatic carbocycles. The normalized spacial score (nSPS) is 10.9. The summed E-state index contributed by atoms with van der Waals surface area (Å²) < 4.78 is 0. The molecule has 0 aliphatic heterocycles. The van der Waals surface area contributed by atoms with Gasteiger partial charge in [0.25, 0.3) is 0 Å². The lowest BCUT2D eigenvalue weighted by Gasteiger charge is -2.29. The predicted octanol–water partition coefficient (Wildman–Crippen LogP) is 10.3. The molecule has 0 fully saturated rings. The third-order valence-electron chi connectivity index (χ3n) is 5.77. The molecule has 6 aromatic rings. The van der Waals surface area contributed by atoms with E-state index in [1.165, 1.54) is 37.0 Å². The van der Waals surface area contributed by atoms with Gasteiger partial charge in [-0.3, -0.25) is 0 Å². The summed E-state index contributed by atoms with van der Waals surface area (Å²) >= 11 is 5.39. The molecule has 0 radical (unpaired) electrons. The molecule has 0 spiro atoms. The van der Waals surface area contributed by atoms with Gasteiger partial charge in [0.2, 0.25) is 0 Å². The first kappa shape index (κ1) is 21.1. The summed E-state index contributed by atoms with van der Waals surface area (Å²) in [6, 6.07) is 39.0. The van der Waals surface area contributed by atoms with Crippen LogP contribution in [0.2, 0.25) is 0 Å². The van der Waals surface area contributed by atoms with E-state index >= 15 is 0 Å². The van der Waals surface area contributed by atoms with E-state index in [1.807, 2.05) is 0 Å². The van der Waals surface area contributed by atoms with Crippen LogP contribution in [0.15, 0.2) is 125 Å². The highest BCUT2D eigenvalue weighted by Gasteiger charge is 2.24. The molecule has 0 atom stereocenters. The summed E-state index contributed by atoms with van der Waals surface area (Å²) in [5.41, 5.74) is 7.33. The first-order valence-electron chi connectivity index (χ1n) is 11.1. The van der Waals surface area contributed by atoms with Crippen LogP contribution in [0.5, 0.6) is 0 Å². The van der Waals surface area contributed by atoms with Gasteiger partial charge in [-0.15, -0.1) is 34.0 Å². The quantitative estimate of drug-likeness (QED) is 0.224. The summed E-state index contributed by atoms with van der Waals surface area (Å²) in [5, 5.41) is 6.50. The van der Waals surface area contributed by atoms with Gasteiger partial charge < -0.3 is 4.90 Å². The van der Waals surface area contributed by atoms with Crippen LogP contribution < -0.4 is 4.90 Å². The van der Waals surface area contributed by atoms with E-state index in [0.29, 0.717) is 0 Å². The number of anilines is 3. The van der Waals surface area contributed by atoms with Crippen LogP contribution in [0, 0.1) is 0 Å². The minimum atomic E-state index is 1.15. The number of benzene rings is 3. The minimum Gasteiger partial charge on any atom is -0.310 e. The molecule has 4 heteroatoms. The van der Waals surface area contributed by atoms with Crippen LogP contribution in [-0.4, -0.2) is 0 Å². The van der Waals surface area contributed by atoms with Gasteiger partial charge in [0.05, 0.1) is 5.69 Å². The lowest BCUT2D eigenvalue weighted by Crippen LogP contribution is -2.11. The van der Waals surface area contributed by atoms with Crippen LogP contribution in [0.4, 0.5) is 17.1 Å². The molecule has 0 aliphatic rings. The number of nitrogens with zero attached hydrogens (tertiary/aromatic N) is 1. The first-order chi connectivity index (χ1) is 16.9. The number of hydrogen-bond acceptors (Lipinski definition) is 4. The van der Waals surface area contributed by atoms with Crippen molar-refractivity contribution in [1.29, 1.82) is 0 Å². The molecule has 0 amide bonds. The standard InChI is InChI=1S/C30H21NS3/c1-3-10-22(11-4-1)31(23-12-5-2-6-13-23)25-18-17-24(26-14-7-19-32-26)29(27-15-8-20-33-27)30(25)28-16-9-21-34-28/h1-21H. The topological polar surface area (TPSA) is 3.24 Å². The zero-order valence-corrected chi connectivity index (χ0v) is 20.7. The lowest BCUT2D eigenvalue weighted by molar-refractivity contribution is 1.29. The molecule has 1 nitrogen and oxygen atoms in total. The first-order valence-corrected chi connectivity index (χ1v) is 13.7. The Kier molecular flexibility index (Phi) is 5.86. The van der Waals surface area contributed by atoms with Gasteiger partial charge in [-0.05, 0) is 64.7 Å². The van der Waals surface area contributed by atoms with Crippen LogP contribution in [0.1, 0.15) is 0 Å². The molecular weight excluding hydrogens is 471 g/mol. The van der Waals surface area contributed by atoms with E-state index in [2.05, 4.69) is 130 Å². The fourth-order valence-electron chi connectivity index (χ4n) is 4.34. The Hall–Kier alpha value is -3.44. The average molecular weight is 492 g/mol. The van der Waals surface area contributed by atoms with Crippen LogP contribution >= 0.6 is 34.0 Å². The van der Waals surface area contributed by atoms with Crippen LogP contribution in [-0.2, 0) is 0 Å². The number of thiophene rings is 3. The lowest BCUT2D eigenvalue weighted by atomic mass is 9.94. The maximum absolute atomic E-state index is 2.38. The van der Waals surface area contributed by atoms with Crippen LogP contribution in [0.3, 0.4) is 0 Å². The van der Waals surface area contributed by atoms with Crippen molar-refractivity contribution in [3.8, 4) is 31.3 Å². The predicted molar refractivity (Wildman–Crippen MR) is 151 cm³/mol. The van der Waals surface area contributed by atoms with E-state index in [0.717, 1.165) is 11.4 Å². The monoisotopic (exact) mass is 491 g/mol. The van der Waals surface area contributed by atoms with Gasteiger partial charge >= 0.3 is 0 Å². The van der Waals surface area contributed by atoms with E-state index < -0.39 is 0 Å². The van der Waals surface area contributed by atoms with Crippen molar-refractivity contribution in [2.45, 2.75) is 0 Å². The largest absolute Gasteiger partial charge is 0.310 e. The molecule has 0 unspecified atom stereocenters. The zero-order chi connectivity index (χ0) is 22.7. The number of para-hydroxylation sites is 2. The Morgan fingerprint density at radius 2 is 0.912 bits per heavy atom. The van der Waals surface area contributed by atoms with Crippen molar-refractivity contribution < 1.29 is 0 Å². The second-order valence-electron chi connectivity index (χ2n) is 7.82. The van der Waals surface area contributed by atoms with Crippen molar-refractivity contribution in [2.75, 3.05) is 4.90 Å². The van der Waals surface area contributed by atoms with E-state index in [4.69, 9.17) is 0 Å². The molecular formula is C30H21NS3. The highest BCUT2D eigenvalue weighted by atomic mass is 32.1. The molecule has 3 heterocycles. The Morgan fingerprint density at radius 3 is 1.41 bits per heavy atom. The molecule has 0 saturated carbocycles. The highest BCUT2D eigenvalue weighted by Crippen LogP contribution is 2.51. The van der Waals surface area contributed by atoms with Crippen molar-refractivity contribution in [3.05, 3.63) is 125 Å². The Balaban J connectivity index is 1.71. The fourth-order valence-corrected chi connectivity index (χ4v) is 6.68. The van der Waals surface area contributed by atoms with Crippen molar-refractivity contribution in [2.24, 2.45) is 0 Å². The summed E-state index contributed by atoms with van der Waals surface area (Å²) in [4.78, 5) is 6.23. The smallest absolute Gasteiger partial charge is 0.0555 e. The number of hydrogen-bond donors (Lipinski definition) is 0. The SMILES string of the molecule is c1ccc(N(c2ccccc2)c2ccc(-c3cccs3)c(-c3cccs3)c2-c2cccs2)cc1. The second-order valence-corrected chi connectivity index (χ2v) is 10.7. The van der Waals surface area contributed by atoms with Gasteiger partial charge in [0.15, 0.2) is 0 Å². The van der Waals surface area contributed by atoms with Crippen molar-refractivity contribution in [3.63, 3.8) is 0 Å². The Labute approximate surface area is 211 Å². The van der Waals surface area contributed by atoms with Gasteiger partial charge in [-0.25, -0.2) is 0 Å². The Morgan fingerprint density at radius 1 is 0.412 bits per heavy atom. The van der Waals surface area contributed by atoms with Gasteiger partial charge in [0, 0.05) is 42.7 Å². The maximum atomic E-state index is 2.38. The summed E-state index contributed by atoms with van der Waals surface area (Å²) in [5.74, 6) is 0. The van der Waals surface area contributed by atoms with E-state index in [1.54, 1.807) is 34.0 Å². The Bertz CT molecular complexity index is 1430. The molecule has 164 valence electrons. The minimum absolute atomic E-state index is 1.15. The molecule has 0 bridgehead atoms. The molecule has 6 rings (SSSR count). The van der Waals surface area contributed by atoms with Crippen LogP contribution in [0.25, 0.3) is 31.3 Å². The van der Waals surface area contributed by atoms with E-state index in [9.17, 15) is 0 Å². The zero-order valence-electron chi connectivity index (χ0n) is 18.3. The van der Waals surface area contributed by atoms with Gasteiger partial charge in [-0.2, -0.15) is 0 Å². The highest BCUT2D eigenvalue weighted by molar-refractivity contribution is 7.15. The summed E-state index contributed by atoms with van der Waals surface area (Å²) in [6.45, 7) is 0. The van der Waals surface area contributed by atoms with Crippen molar-refractivity contribution >= 4 is 51.1 Å². The average Bonchev–Trinajstić information content (AvgIpc) is 3.69. The molecule has 0 saturated heterocycles. The van der Waals surface area contributed by atoms with Gasteiger partial charge in [-0.1, -0.05) is 60.7 Å². The maximum Gasteiger partial charge on any atom is 0.0555 e. The van der Waals surface area contributed by atoms with E-state index in [-0.39, 0.29) is 0 Å². The third-order valence-corrected chi connectivity index (χ3v) is 8.45. The number of rotatable bonds is 6. The third kappa shape index (κ3) is 3.90. The van der Waals surface area contributed by atoms with Gasteiger partial charge in [0.1, 0.15) is 0 Å². The molecule has 0 N–H and O–H groups in total. The van der Waals surface area contributed by atoms with Crippen molar-refractivity contribution in [1.82, 2.24) is 0 Å².